The van der Waals surface area contributed by atoms with E-state index in [1.54, 1.807) is 0 Å². The summed E-state index contributed by atoms with van der Waals surface area (Å²) in [7, 11) is 0. The van der Waals surface area contributed by atoms with Crippen LogP contribution in [-0.4, -0.2) is 0 Å². The van der Waals surface area contributed by atoms with Crippen LogP contribution in [0.25, 0.3) is 0 Å². The van der Waals surface area contributed by atoms with Crippen LogP contribution < -0.4 is 5.32 Å². The molecular formula is C18H22BrN. The molecule has 0 radical (unpaired) electrons. The lowest BCUT2D eigenvalue weighted by atomic mass is 9.96. The maximum Gasteiger partial charge on any atom is 0.0516 e. The third-order valence-corrected chi connectivity index (χ3v) is 4.37. The van der Waals surface area contributed by atoms with Crippen molar-refractivity contribution in [2.45, 2.75) is 33.2 Å². The molecule has 0 spiro atoms. The molecule has 106 valence electrons. The topological polar surface area (TPSA) is 12.0 Å². The normalized spacial score (nSPS) is 12.4. The Kier molecular flexibility index (Phi) is 5.24. The van der Waals surface area contributed by atoms with Crippen molar-refractivity contribution in [1.82, 2.24) is 0 Å². The van der Waals surface area contributed by atoms with E-state index in [1.807, 2.05) is 0 Å². The fourth-order valence-electron chi connectivity index (χ4n) is 2.39. The minimum Gasteiger partial charge on any atom is -0.378 e. The quantitative estimate of drug-likeness (QED) is 0.713. The molecule has 0 aliphatic heterocycles. The fraction of sp³-hybridized carbons (Fsp3) is 0.333. The lowest BCUT2D eigenvalue weighted by Gasteiger charge is -2.23. The van der Waals surface area contributed by atoms with Crippen LogP contribution in [0.15, 0.2) is 53.0 Å². The Morgan fingerprint density at radius 3 is 2.35 bits per heavy atom. The monoisotopic (exact) mass is 331 g/mol. The molecule has 0 heterocycles. The van der Waals surface area contributed by atoms with Crippen LogP contribution in [0, 0.1) is 12.8 Å². The van der Waals surface area contributed by atoms with Gasteiger partial charge in [0.25, 0.3) is 0 Å². The number of anilines is 1. The van der Waals surface area contributed by atoms with Crippen molar-refractivity contribution < 1.29 is 0 Å². The van der Waals surface area contributed by atoms with Crippen molar-refractivity contribution in [2.24, 2.45) is 5.92 Å². The summed E-state index contributed by atoms with van der Waals surface area (Å²) in [5.41, 5.74) is 3.81. The van der Waals surface area contributed by atoms with E-state index in [1.165, 1.54) is 16.8 Å². The van der Waals surface area contributed by atoms with Gasteiger partial charge in [-0.2, -0.15) is 0 Å². The maximum absolute atomic E-state index is 3.71. The van der Waals surface area contributed by atoms with Gasteiger partial charge < -0.3 is 5.32 Å². The average Bonchev–Trinajstić information content (AvgIpc) is 2.43. The highest BCUT2D eigenvalue weighted by atomic mass is 79.9. The van der Waals surface area contributed by atoms with Crippen LogP contribution >= 0.6 is 15.9 Å². The van der Waals surface area contributed by atoms with Gasteiger partial charge in [-0.3, -0.25) is 0 Å². The summed E-state index contributed by atoms with van der Waals surface area (Å²) in [6.07, 6.45) is 1.12. The van der Waals surface area contributed by atoms with Crippen LogP contribution in [0.1, 0.15) is 37.4 Å². The SMILES string of the molecule is Cc1c(Br)cccc1NC(CC(C)C)c1ccccc1. The highest BCUT2D eigenvalue weighted by molar-refractivity contribution is 9.10. The van der Waals surface area contributed by atoms with Gasteiger partial charge >= 0.3 is 0 Å². The molecule has 1 atom stereocenters. The van der Waals surface area contributed by atoms with Crippen molar-refractivity contribution in [1.29, 1.82) is 0 Å². The molecule has 1 N–H and O–H groups in total. The zero-order valence-corrected chi connectivity index (χ0v) is 13.9. The van der Waals surface area contributed by atoms with Crippen molar-refractivity contribution in [3.8, 4) is 0 Å². The highest BCUT2D eigenvalue weighted by Crippen LogP contribution is 2.30. The second-order valence-corrected chi connectivity index (χ2v) is 6.50. The lowest BCUT2D eigenvalue weighted by Crippen LogP contribution is -2.14. The maximum atomic E-state index is 3.71. The van der Waals surface area contributed by atoms with Crippen molar-refractivity contribution in [3.63, 3.8) is 0 Å². The largest absolute Gasteiger partial charge is 0.378 e. The Balaban J connectivity index is 2.26. The second-order valence-electron chi connectivity index (χ2n) is 5.65. The van der Waals surface area contributed by atoms with Crippen molar-refractivity contribution >= 4 is 21.6 Å². The molecule has 0 saturated heterocycles. The fourth-order valence-corrected chi connectivity index (χ4v) is 2.75. The Morgan fingerprint density at radius 1 is 1.00 bits per heavy atom. The summed E-state index contributed by atoms with van der Waals surface area (Å²) >= 11 is 3.60. The molecule has 20 heavy (non-hydrogen) atoms. The number of nitrogens with one attached hydrogen (secondary N) is 1. The van der Waals surface area contributed by atoms with E-state index in [0.717, 1.165) is 10.9 Å². The smallest absolute Gasteiger partial charge is 0.0516 e. The van der Waals surface area contributed by atoms with Crippen LogP contribution in [0.2, 0.25) is 0 Å². The van der Waals surface area contributed by atoms with Gasteiger partial charge in [0.2, 0.25) is 0 Å². The minimum atomic E-state index is 0.351. The molecule has 1 unspecified atom stereocenters. The van der Waals surface area contributed by atoms with Gasteiger partial charge in [-0.1, -0.05) is 66.2 Å². The first kappa shape index (κ1) is 15.1. The Morgan fingerprint density at radius 2 is 1.70 bits per heavy atom. The second kappa shape index (κ2) is 6.94. The first-order valence-electron chi connectivity index (χ1n) is 7.14. The van der Waals surface area contributed by atoms with E-state index < -0.39 is 0 Å². The van der Waals surface area contributed by atoms with Gasteiger partial charge in [0.1, 0.15) is 0 Å². The van der Waals surface area contributed by atoms with Crippen LogP contribution in [0.3, 0.4) is 0 Å². The van der Waals surface area contributed by atoms with Gasteiger partial charge in [-0.25, -0.2) is 0 Å². The molecule has 0 amide bonds. The highest BCUT2D eigenvalue weighted by Gasteiger charge is 2.14. The number of rotatable bonds is 5. The van der Waals surface area contributed by atoms with Crippen LogP contribution in [-0.2, 0) is 0 Å². The molecule has 0 aliphatic carbocycles. The summed E-state index contributed by atoms with van der Waals surface area (Å²) in [4.78, 5) is 0. The van der Waals surface area contributed by atoms with Gasteiger partial charge in [0.15, 0.2) is 0 Å². The predicted molar refractivity (Wildman–Crippen MR) is 91.1 cm³/mol. The molecule has 2 heteroatoms. The van der Waals surface area contributed by atoms with Crippen molar-refractivity contribution in [2.75, 3.05) is 5.32 Å². The van der Waals surface area contributed by atoms with Crippen molar-refractivity contribution in [3.05, 3.63) is 64.1 Å². The Labute approximate surface area is 130 Å². The zero-order valence-electron chi connectivity index (χ0n) is 12.4. The van der Waals surface area contributed by atoms with E-state index in [4.69, 9.17) is 0 Å². The third-order valence-electron chi connectivity index (χ3n) is 3.51. The molecule has 0 saturated carbocycles. The molecule has 0 aromatic heterocycles. The number of hydrogen-bond acceptors (Lipinski definition) is 1. The summed E-state index contributed by atoms with van der Waals surface area (Å²) in [6, 6.07) is 17.4. The summed E-state index contributed by atoms with van der Waals surface area (Å²) in [5.74, 6) is 0.653. The van der Waals surface area contributed by atoms with E-state index >= 15 is 0 Å². The van der Waals surface area contributed by atoms with E-state index in [-0.39, 0.29) is 0 Å². The molecular weight excluding hydrogens is 310 g/mol. The Bertz CT molecular complexity index is 549. The molecule has 0 aliphatic rings. The van der Waals surface area contributed by atoms with E-state index in [9.17, 15) is 0 Å². The number of benzene rings is 2. The first-order valence-corrected chi connectivity index (χ1v) is 7.94. The lowest BCUT2D eigenvalue weighted by molar-refractivity contribution is 0.531. The molecule has 0 fully saturated rings. The molecule has 2 aromatic carbocycles. The van der Waals surface area contributed by atoms with Gasteiger partial charge in [-0.05, 0) is 42.5 Å². The van der Waals surface area contributed by atoms with Gasteiger partial charge in [0.05, 0.1) is 6.04 Å². The predicted octanol–water partition coefficient (Wildman–Crippen LogP) is 5.96. The molecule has 0 bridgehead atoms. The average molecular weight is 332 g/mol. The summed E-state index contributed by atoms with van der Waals surface area (Å²) < 4.78 is 1.15. The van der Waals surface area contributed by atoms with Crippen LogP contribution in [0.5, 0.6) is 0 Å². The van der Waals surface area contributed by atoms with Gasteiger partial charge in [0, 0.05) is 10.2 Å². The number of halogens is 1. The first-order chi connectivity index (χ1) is 9.58. The zero-order chi connectivity index (χ0) is 14.5. The molecule has 1 nitrogen and oxygen atoms in total. The molecule has 2 aromatic rings. The summed E-state index contributed by atoms with van der Waals surface area (Å²) in [5, 5.41) is 3.71. The minimum absolute atomic E-state index is 0.351. The Hall–Kier alpha value is -1.28. The third kappa shape index (κ3) is 3.86. The van der Waals surface area contributed by atoms with Gasteiger partial charge in [-0.15, -0.1) is 0 Å². The standard InChI is InChI=1S/C18H22BrN/c1-13(2)12-18(15-8-5-4-6-9-15)20-17-11-7-10-16(19)14(17)3/h4-11,13,18,20H,12H2,1-3H3. The van der Waals surface area contributed by atoms with Crippen LogP contribution in [0.4, 0.5) is 5.69 Å². The van der Waals surface area contributed by atoms with E-state index in [2.05, 4.69) is 90.5 Å². The summed E-state index contributed by atoms with van der Waals surface area (Å²) in [6.45, 7) is 6.68. The molecule has 2 rings (SSSR count). The van der Waals surface area contributed by atoms with E-state index in [0.29, 0.717) is 12.0 Å². The number of hydrogen-bond donors (Lipinski definition) is 1.